The summed E-state index contributed by atoms with van der Waals surface area (Å²) in [5.41, 5.74) is 1.70. The summed E-state index contributed by atoms with van der Waals surface area (Å²) < 4.78 is 23.2. The van der Waals surface area contributed by atoms with Crippen LogP contribution in [0.4, 0.5) is 11.4 Å². The Balaban J connectivity index is 1.59. The third-order valence-electron chi connectivity index (χ3n) is 6.20. The number of thioether (sulfide) groups is 1. The Labute approximate surface area is 213 Å². The lowest BCUT2D eigenvalue weighted by atomic mass is 9.99. The van der Waals surface area contributed by atoms with E-state index in [1.54, 1.807) is 23.9 Å². The minimum atomic E-state index is -4.14. The van der Waals surface area contributed by atoms with Gasteiger partial charge >= 0.3 is 0 Å². The quantitative estimate of drug-likeness (QED) is 0.198. The number of hydrogen-bond donors (Lipinski definition) is 2. The normalized spacial score (nSPS) is 16.1. The van der Waals surface area contributed by atoms with Gasteiger partial charge in [0.05, 0.1) is 9.82 Å². The summed E-state index contributed by atoms with van der Waals surface area (Å²) in [6.07, 6.45) is 2.94. The highest BCUT2D eigenvalue weighted by molar-refractivity contribution is 7.98. The molecule has 3 aromatic rings. The minimum Gasteiger partial charge on any atom is -0.366 e. The second-order valence-electron chi connectivity index (χ2n) is 8.42. The average molecular weight is 527 g/mol. The van der Waals surface area contributed by atoms with Gasteiger partial charge in [0.15, 0.2) is 5.78 Å². The second kappa shape index (κ2) is 10.8. The summed E-state index contributed by atoms with van der Waals surface area (Å²) in [6, 6.07) is 18.6. The molecule has 3 N–H and O–H groups in total. The van der Waals surface area contributed by atoms with E-state index in [9.17, 15) is 23.3 Å². The standard InChI is InChI=1S/C25H26N4O5S2/c1-35-24-5-3-2-4-18(24)14-20-16-27-12-13-28(20)19-8-6-17(7-9-19)25(30)22-11-10-21(36(26,33)34)15-23(22)29(31)32/h2-11,15,20,27H,12-14,16H2,1H3,(H2,26,33,34). The fraction of sp³-hybridized carbons (Fsp3) is 0.240. The Morgan fingerprint density at radius 3 is 2.56 bits per heavy atom. The van der Waals surface area contributed by atoms with Crippen LogP contribution in [0.15, 0.2) is 76.5 Å². The van der Waals surface area contributed by atoms with Crippen LogP contribution < -0.4 is 15.4 Å². The number of ketones is 1. The molecule has 188 valence electrons. The fourth-order valence-electron chi connectivity index (χ4n) is 4.40. The molecule has 1 heterocycles. The number of nitro groups is 1. The van der Waals surface area contributed by atoms with Crippen LogP contribution in [0, 0.1) is 10.1 Å². The molecule has 3 aromatic carbocycles. The molecule has 1 aliphatic rings. The number of primary sulfonamides is 1. The van der Waals surface area contributed by atoms with Crippen LogP contribution >= 0.6 is 11.8 Å². The zero-order chi connectivity index (χ0) is 25.9. The van der Waals surface area contributed by atoms with Crippen LogP contribution in [0.1, 0.15) is 21.5 Å². The van der Waals surface area contributed by atoms with Gasteiger partial charge in [0, 0.05) is 47.9 Å². The van der Waals surface area contributed by atoms with E-state index in [1.807, 2.05) is 24.3 Å². The lowest BCUT2D eigenvalue weighted by Crippen LogP contribution is -2.52. The minimum absolute atomic E-state index is 0.200. The Morgan fingerprint density at radius 1 is 1.17 bits per heavy atom. The van der Waals surface area contributed by atoms with E-state index >= 15 is 0 Å². The zero-order valence-electron chi connectivity index (χ0n) is 19.6. The largest absolute Gasteiger partial charge is 0.366 e. The van der Waals surface area contributed by atoms with Crippen molar-refractivity contribution in [2.24, 2.45) is 5.14 Å². The Bertz CT molecular complexity index is 1390. The highest BCUT2D eigenvalue weighted by atomic mass is 32.2. The number of nitrogens with one attached hydrogen (secondary N) is 1. The number of nitro benzene ring substituents is 1. The van der Waals surface area contributed by atoms with Crippen LogP contribution in [-0.2, 0) is 16.4 Å². The smallest absolute Gasteiger partial charge is 0.281 e. The van der Waals surface area contributed by atoms with E-state index < -0.39 is 31.3 Å². The molecule has 11 heteroatoms. The summed E-state index contributed by atoms with van der Waals surface area (Å²) in [7, 11) is -4.14. The topological polar surface area (TPSA) is 136 Å². The molecular formula is C25H26N4O5S2. The highest BCUT2D eigenvalue weighted by Crippen LogP contribution is 2.28. The number of anilines is 1. The lowest BCUT2D eigenvalue weighted by Gasteiger charge is -2.38. The molecular weight excluding hydrogens is 500 g/mol. The zero-order valence-corrected chi connectivity index (χ0v) is 21.2. The first kappa shape index (κ1) is 25.8. The van der Waals surface area contributed by atoms with Crippen LogP contribution in [0.3, 0.4) is 0 Å². The molecule has 9 nitrogen and oxygen atoms in total. The van der Waals surface area contributed by atoms with E-state index in [0.717, 1.165) is 49.9 Å². The maximum absolute atomic E-state index is 13.1. The third-order valence-corrected chi connectivity index (χ3v) is 7.95. The number of nitrogens with two attached hydrogens (primary N) is 1. The highest BCUT2D eigenvalue weighted by Gasteiger charge is 2.26. The van der Waals surface area contributed by atoms with Crippen LogP contribution in [0.25, 0.3) is 0 Å². The fourth-order valence-corrected chi connectivity index (χ4v) is 5.56. The van der Waals surface area contributed by atoms with Crippen LogP contribution in [-0.4, -0.2) is 51.1 Å². The Morgan fingerprint density at radius 2 is 1.89 bits per heavy atom. The van der Waals surface area contributed by atoms with E-state index in [0.29, 0.717) is 0 Å². The lowest BCUT2D eigenvalue weighted by molar-refractivity contribution is -0.385. The van der Waals surface area contributed by atoms with Crippen molar-refractivity contribution in [1.29, 1.82) is 0 Å². The van der Waals surface area contributed by atoms with Gasteiger partial charge in [-0.25, -0.2) is 13.6 Å². The first-order chi connectivity index (χ1) is 17.2. The van der Waals surface area contributed by atoms with Crippen molar-refractivity contribution >= 4 is 38.9 Å². The van der Waals surface area contributed by atoms with Gasteiger partial charge in [0.25, 0.3) is 5.69 Å². The average Bonchev–Trinajstić information content (AvgIpc) is 2.88. The van der Waals surface area contributed by atoms with E-state index in [2.05, 4.69) is 28.6 Å². The first-order valence-corrected chi connectivity index (χ1v) is 14.0. The van der Waals surface area contributed by atoms with Crippen molar-refractivity contribution in [3.8, 4) is 0 Å². The van der Waals surface area contributed by atoms with Gasteiger partial charge in [-0.05, 0) is 60.7 Å². The van der Waals surface area contributed by atoms with E-state index in [4.69, 9.17) is 5.14 Å². The Kier molecular flexibility index (Phi) is 7.74. The molecule has 1 fully saturated rings. The summed E-state index contributed by atoms with van der Waals surface area (Å²) in [6.45, 7) is 2.47. The number of nitrogens with zero attached hydrogens (tertiary/aromatic N) is 2. The maximum Gasteiger partial charge on any atom is 0.281 e. The summed E-state index contributed by atoms with van der Waals surface area (Å²) in [4.78, 5) is 27.0. The van der Waals surface area contributed by atoms with Gasteiger partial charge in [-0.15, -0.1) is 11.8 Å². The monoisotopic (exact) mass is 526 g/mol. The van der Waals surface area contributed by atoms with Crippen molar-refractivity contribution in [3.63, 3.8) is 0 Å². The molecule has 0 aliphatic carbocycles. The van der Waals surface area contributed by atoms with Gasteiger partial charge in [0.2, 0.25) is 10.0 Å². The second-order valence-corrected chi connectivity index (χ2v) is 10.8. The van der Waals surface area contributed by atoms with Gasteiger partial charge in [-0.1, -0.05) is 18.2 Å². The van der Waals surface area contributed by atoms with Gasteiger partial charge in [-0.2, -0.15) is 0 Å². The molecule has 0 radical (unpaired) electrons. The molecule has 0 amide bonds. The molecule has 0 spiro atoms. The SMILES string of the molecule is CSc1ccccc1CC1CNCCN1c1ccc(C(=O)c2ccc(S(N)(=O)=O)cc2[N+](=O)[O-])cc1. The molecule has 1 saturated heterocycles. The van der Waals surface area contributed by atoms with Gasteiger partial charge in [-0.3, -0.25) is 14.9 Å². The van der Waals surface area contributed by atoms with Crippen molar-refractivity contribution in [2.45, 2.75) is 22.3 Å². The van der Waals surface area contributed by atoms with Gasteiger partial charge < -0.3 is 10.2 Å². The summed E-state index contributed by atoms with van der Waals surface area (Å²) in [5.74, 6) is -0.569. The van der Waals surface area contributed by atoms with Gasteiger partial charge in [0.1, 0.15) is 5.56 Å². The number of benzene rings is 3. The van der Waals surface area contributed by atoms with Crippen molar-refractivity contribution in [1.82, 2.24) is 5.32 Å². The van der Waals surface area contributed by atoms with Crippen molar-refractivity contribution in [3.05, 3.63) is 93.5 Å². The number of sulfonamides is 1. The maximum atomic E-state index is 13.1. The first-order valence-electron chi connectivity index (χ1n) is 11.2. The van der Waals surface area contributed by atoms with Crippen molar-refractivity contribution in [2.75, 3.05) is 30.8 Å². The molecule has 0 aromatic heterocycles. The predicted molar refractivity (Wildman–Crippen MR) is 140 cm³/mol. The summed E-state index contributed by atoms with van der Waals surface area (Å²) in [5, 5.41) is 20.1. The van der Waals surface area contributed by atoms with Crippen LogP contribution in [0.2, 0.25) is 0 Å². The number of rotatable bonds is 8. The summed E-state index contributed by atoms with van der Waals surface area (Å²) >= 11 is 1.72. The number of piperazine rings is 1. The molecule has 4 rings (SSSR count). The molecule has 1 aliphatic heterocycles. The van der Waals surface area contributed by atoms with Crippen LogP contribution in [0.5, 0.6) is 0 Å². The molecule has 1 unspecified atom stereocenters. The Hall–Kier alpha value is -3.25. The van der Waals surface area contributed by atoms with E-state index in [1.165, 1.54) is 10.5 Å². The molecule has 0 bridgehead atoms. The number of hydrogen-bond acceptors (Lipinski definition) is 8. The number of carbonyl (C=O) groups excluding carboxylic acids is 1. The predicted octanol–water partition coefficient (Wildman–Crippen LogP) is 3.22. The molecule has 1 atom stereocenters. The van der Waals surface area contributed by atoms with E-state index in [-0.39, 0.29) is 17.2 Å². The number of carbonyl (C=O) groups is 1. The molecule has 0 saturated carbocycles. The van der Waals surface area contributed by atoms with Crippen molar-refractivity contribution < 1.29 is 18.1 Å². The molecule has 36 heavy (non-hydrogen) atoms. The third kappa shape index (κ3) is 5.59.